The number of benzene rings is 1. The third-order valence-corrected chi connectivity index (χ3v) is 3.79. The third-order valence-electron chi connectivity index (χ3n) is 2.92. The molecule has 2 aromatic rings. The topological polar surface area (TPSA) is 35.0 Å². The van der Waals surface area contributed by atoms with Crippen molar-refractivity contribution in [3.05, 3.63) is 39.1 Å². The van der Waals surface area contributed by atoms with Gasteiger partial charge in [0, 0.05) is 15.7 Å². The Morgan fingerprint density at radius 2 is 2.05 bits per heavy atom. The number of ether oxygens (including phenoxy) is 1. The predicted molar refractivity (Wildman–Crippen MR) is 80.8 cm³/mol. The molecule has 0 radical (unpaired) electrons. The Morgan fingerprint density at radius 1 is 1.32 bits per heavy atom. The number of halogens is 2. The Bertz CT molecular complexity index is 617. The van der Waals surface area contributed by atoms with Crippen LogP contribution in [0.25, 0.3) is 11.4 Å². The third kappa shape index (κ3) is 2.90. The Morgan fingerprint density at radius 3 is 2.68 bits per heavy atom. The summed E-state index contributed by atoms with van der Waals surface area (Å²) in [7, 11) is 1.63. The summed E-state index contributed by atoms with van der Waals surface area (Å²) in [5, 5.41) is 0.490. The fourth-order valence-corrected chi connectivity index (χ4v) is 2.40. The van der Waals surface area contributed by atoms with E-state index in [4.69, 9.17) is 16.3 Å². The number of aryl methyl sites for hydroxylation is 1. The van der Waals surface area contributed by atoms with Crippen molar-refractivity contribution in [3.8, 4) is 17.1 Å². The fraction of sp³-hybridized carbons (Fsp3) is 0.286. The monoisotopic (exact) mass is 340 g/mol. The van der Waals surface area contributed by atoms with Crippen LogP contribution in [-0.2, 0) is 6.42 Å². The van der Waals surface area contributed by atoms with Gasteiger partial charge < -0.3 is 4.74 Å². The number of rotatable bonds is 3. The molecule has 19 heavy (non-hydrogen) atoms. The summed E-state index contributed by atoms with van der Waals surface area (Å²) in [6, 6.07) is 5.72. The standard InChI is InChI=1S/C14H14BrClN2O/c1-4-11-8(2)13(16)18-14(17-11)10-7-9(15)5-6-12(10)19-3/h5-7H,4H2,1-3H3. The quantitative estimate of drug-likeness (QED) is 0.774. The van der Waals surface area contributed by atoms with Crippen molar-refractivity contribution >= 4 is 27.5 Å². The molecule has 100 valence electrons. The Hall–Kier alpha value is -1.13. The number of hydrogen-bond donors (Lipinski definition) is 0. The first kappa shape index (κ1) is 14.3. The van der Waals surface area contributed by atoms with Crippen molar-refractivity contribution in [2.75, 3.05) is 7.11 Å². The van der Waals surface area contributed by atoms with E-state index in [0.29, 0.717) is 11.0 Å². The number of hydrogen-bond acceptors (Lipinski definition) is 3. The molecule has 2 rings (SSSR count). The molecule has 1 aromatic carbocycles. The number of methoxy groups -OCH3 is 1. The van der Waals surface area contributed by atoms with Crippen molar-refractivity contribution in [1.29, 1.82) is 0 Å². The van der Waals surface area contributed by atoms with Gasteiger partial charge in [0.05, 0.1) is 12.7 Å². The SMILES string of the molecule is CCc1nc(-c2cc(Br)ccc2OC)nc(Cl)c1C. The maximum absolute atomic E-state index is 6.18. The van der Waals surface area contributed by atoms with E-state index in [2.05, 4.69) is 25.9 Å². The van der Waals surface area contributed by atoms with Crippen LogP contribution in [-0.4, -0.2) is 17.1 Å². The van der Waals surface area contributed by atoms with Crippen molar-refractivity contribution in [2.24, 2.45) is 0 Å². The van der Waals surface area contributed by atoms with Crippen LogP contribution >= 0.6 is 27.5 Å². The summed E-state index contributed by atoms with van der Waals surface area (Å²) in [5.74, 6) is 1.32. The molecule has 0 saturated carbocycles. The smallest absolute Gasteiger partial charge is 0.164 e. The van der Waals surface area contributed by atoms with Gasteiger partial charge in [0.1, 0.15) is 10.9 Å². The summed E-state index contributed by atoms with van der Waals surface area (Å²) >= 11 is 9.63. The van der Waals surface area contributed by atoms with E-state index in [0.717, 1.165) is 33.5 Å². The van der Waals surface area contributed by atoms with Crippen molar-refractivity contribution in [3.63, 3.8) is 0 Å². The second kappa shape index (κ2) is 5.88. The zero-order valence-electron chi connectivity index (χ0n) is 11.0. The minimum Gasteiger partial charge on any atom is -0.496 e. The highest BCUT2D eigenvalue weighted by Gasteiger charge is 2.13. The summed E-state index contributed by atoms with van der Waals surface area (Å²) in [6.45, 7) is 3.98. The molecule has 0 bridgehead atoms. The fourth-order valence-electron chi connectivity index (χ4n) is 1.85. The highest BCUT2D eigenvalue weighted by Crippen LogP contribution is 2.32. The average molecular weight is 342 g/mol. The average Bonchev–Trinajstić information content (AvgIpc) is 2.41. The zero-order valence-corrected chi connectivity index (χ0v) is 13.3. The van der Waals surface area contributed by atoms with Crippen molar-refractivity contribution in [2.45, 2.75) is 20.3 Å². The molecule has 0 amide bonds. The molecule has 0 spiro atoms. The molecule has 0 fully saturated rings. The highest BCUT2D eigenvalue weighted by atomic mass is 79.9. The van der Waals surface area contributed by atoms with Crippen LogP contribution in [0.1, 0.15) is 18.2 Å². The van der Waals surface area contributed by atoms with Crippen LogP contribution in [0.3, 0.4) is 0 Å². The van der Waals surface area contributed by atoms with Crippen LogP contribution in [0.2, 0.25) is 5.15 Å². The zero-order chi connectivity index (χ0) is 14.0. The van der Waals surface area contributed by atoms with Gasteiger partial charge in [-0.2, -0.15) is 0 Å². The minimum absolute atomic E-state index is 0.490. The lowest BCUT2D eigenvalue weighted by Crippen LogP contribution is -2.00. The molecule has 5 heteroatoms. The van der Waals surface area contributed by atoms with Gasteiger partial charge in [-0.05, 0) is 31.5 Å². The molecule has 3 nitrogen and oxygen atoms in total. The minimum atomic E-state index is 0.490. The molecule has 0 saturated heterocycles. The number of nitrogens with zero attached hydrogens (tertiary/aromatic N) is 2. The van der Waals surface area contributed by atoms with Crippen LogP contribution in [0, 0.1) is 6.92 Å². The van der Waals surface area contributed by atoms with Crippen molar-refractivity contribution < 1.29 is 4.74 Å². The molecule has 1 aromatic heterocycles. The largest absolute Gasteiger partial charge is 0.496 e. The Kier molecular flexibility index (Phi) is 4.42. The Labute approximate surface area is 126 Å². The van der Waals surface area contributed by atoms with Gasteiger partial charge in [0.15, 0.2) is 5.82 Å². The van der Waals surface area contributed by atoms with Crippen molar-refractivity contribution in [1.82, 2.24) is 9.97 Å². The van der Waals surface area contributed by atoms with Gasteiger partial charge in [-0.25, -0.2) is 9.97 Å². The molecule has 0 aliphatic heterocycles. The first-order valence-electron chi connectivity index (χ1n) is 5.93. The van der Waals surface area contributed by atoms with Crippen LogP contribution in [0.5, 0.6) is 5.75 Å². The maximum atomic E-state index is 6.18. The van der Waals surface area contributed by atoms with E-state index in [-0.39, 0.29) is 0 Å². The molecule has 0 aliphatic carbocycles. The summed E-state index contributed by atoms with van der Waals surface area (Å²) in [4.78, 5) is 8.93. The Balaban J connectivity index is 2.65. The van der Waals surface area contributed by atoms with Gasteiger partial charge in [-0.3, -0.25) is 0 Å². The molecule has 0 atom stereocenters. The predicted octanol–water partition coefficient (Wildman–Crippen LogP) is 4.44. The lowest BCUT2D eigenvalue weighted by Gasteiger charge is -2.11. The highest BCUT2D eigenvalue weighted by molar-refractivity contribution is 9.10. The molecular formula is C14H14BrClN2O. The van der Waals surface area contributed by atoms with Crippen LogP contribution < -0.4 is 4.74 Å². The lowest BCUT2D eigenvalue weighted by atomic mass is 10.1. The molecular weight excluding hydrogens is 328 g/mol. The normalized spacial score (nSPS) is 10.6. The summed E-state index contributed by atoms with van der Waals surface area (Å²) in [6.07, 6.45) is 0.817. The molecule has 0 N–H and O–H groups in total. The van der Waals surface area contributed by atoms with E-state index in [9.17, 15) is 0 Å². The van der Waals surface area contributed by atoms with Gasteiger partial charge in [-0.1, -0.05) is 34.5 Å². The van der Waals surface area contributed by atoms with Gasteiger partial charge >= 0.3 is 0 Å². The van der Waals surface area contributed by atoms with E-state index in [1.807, 2.05) is 32.0 Å². The van der Waals surface area contributed by atoms with E-state index < -0.39 is 0 Å². The second-order valence-corrected chi connectivity index (χ2v) is 5.38. The first-order chi connectivity index (χ1) is 9.06. The van der Waals surface area contributed by atoms with Crippen LogP contribution in [0.4, 0.5) is 0 Å². The van der Waals surface area contributed by atoms with Gasteiger partial charge in [-0.15, -0.1) is 0 Å². The van der Waals surface area contributed by atoms with E-state index in [1.165, 1.54) is 0 Å². The summed E-state index contributed by atoms with van der Waals surface area (Å²) in [5.41, 5.74) is 2.72. The second-order valence-electron chi connectivity index (χ2n) is 4.11. The molecule has 0 unspecified atom stereocenters. The van der Waals surface area contributed by atoms with Gasteiger partial charge in [0.25, 0.3) is 0 Å². The molecule has 0 aliphatic rings. The lowest BCUT2D eigenvalue weighted by molar-refractivity contribution is 0.416. The van der Waals surface area contributed by atoms with E-state index in [1.54, 1.807) is 7.11 Å². The number of aromatic nitrogens is 2. The maximum Gasteiger partial charge on any atom is 0.164 e. The summed E-state index contributed by atoms with van der Waals surface area (Å²) < 4.78 is 6.30. The van der Waals surface area contributed by atoms with E-state index >= 15 is 0 Å². The van der Waals surface area contributed by atoms with Gasteiger partial charge in [0.2, 0.25) is 0 Å². The first-order valence-corrected chi connectivity index (χ1v) is 7.10. The molecule has 1 heterocycles. The van der Waals surface area contributed by atoms with Crippen LogP contribution in [0.15, 0.2) is 22.7 Å².